The van der Waals surface area contributed by atoms with Crippen molar-refractivity contribution in [3.8, 4) is 0 Å². The fraction of sp³-hybridized carbons (Fsp3) is 0.750. The number of aliphatic hydroxyl groups excluding tert-OH is 1. The van der Waals surface area contributed by atoms with Crippen LogP contribution < -0.4 is 5.73 Å². The van der Waals surface area contributed by atoms with E-state index in [1.165, 1.54) is 4.90 Å². The Labute approximate surface area is 72.3 Å². The zero-order chi connectivity index (χ0) is 9.14. The van der Waals surface area contributed by atoms with Crippen molar-refractivity contribution in [3.63, 3.8) is 0 Å². The van der Waals surface area contributed by atoms with Crippen LogP contribution in [-0.2, 0) is 0 Å². The topological polar surface area (TPSA) is 66.6 Å². The maximum atomic E-state index is 10.9. The zero-order valence-corrected chi connectivity index (χ0v) is 7.23. The van der Waals surface area contributed by atoms with Crippen molar-refractivity contribution in [2.45, 2.75) is 31.9 Å². The van der Waals surface area contributed by atoms with Crippen molar-refractivity contribution in [2.24, 2.45) is 5.73 Å². The second-order valence-corrected chi connectivity index (χ2v) is 3.22. The number of β-amino-alcohol motifs (C(OH)–C–C–N with tert-alkyl or cyclic N) is 1. The molecule has 0 unspecified atom stereocenters. The van der Waals surface area contributed by atoms with Crippen molar-refractivity contribution in [2.75, 3.05) is 6.54 Å². The van der Waals surface area contributed by atoms with Crippen LogP contribution in [0.4, 0.5) is 4.79 Å². The third kappa shape index (κ3) is 2.11. The summed E-state index contributed by atoms with van der Waals surface area (Å²) in [4.78, 5) is 12.4. The molecule has 1 heterocycles. The van der Waals surface area contributed by atoms with E-state index in [9.17, 15) is 9.90 Å². The summed E-state index contributed by atoms with van der Waals surface area (Å²) < 4.78 is 0. The number of likely N-dealkylation sites (tertiary alicyclic amines) is 1. The molecule has 4 heteroatoms. The minimum absolute atomic E-state index is 0.135. The summed E-state index contributed by atoms with van der Waals surface area (Å²) >= 11 is 0. The second-order valence-electron chi connectivity index (χ2n) is 3.22. The molecular weight excluding hydrogens is 156 g/mol. The second kappa shape index (κ2) is 3.76. The van der Waals surface area contributed by atoms with E-state index < -0.39 is 12.1 Å². The summed E-state index contributed by atoms with van der Waals surface area (Å²) in [6.07, 6.45) is 3.01. The first-order valence-electron chi connectivity index (χ1n) is 4.18. The maximum absolute atomic E-state index is 10.9. The third-order valence-electron chi connectivity index (χ3n) is 2.22. The number of urea groups is 1. The predicted octanol–water partition coefficient (Wildman–Crippen LogP) is 0.115. The highest BCUT2D eigenvalue weighted by Gasteiger charge is 2.23. The van der Waals surface area contributed by atoms with Gasteiger partial charge in [0.15, 0.2) is 0 Å². The predicted molar refractivity (Wildman–Crippen MR) is 45.3 cm³/mol. The van der Waals surface area contributed by atoms with Gasteiger partial charge < -0.3 is 15.7 Å². The number of hydrogen-bond acceptors (Lipinski definition) is 2. The highest BCUT2D eigenvalue weighted by atomic mass is 16.3. The average molecular weight is 171 g/mol. The molecule has 0 aromatic heterocycles. The molecule has 3 N–H and O–H groups in total. The molecule has 1 fully saturated rings. The highest BCUT2D eigenvalue weighted by Crippen LogP contribution is 2.15. The molecule has 1 rings (SSSR count). The zero-order valence-electron chi connectivity index (χ0n) is 7.23. The normalized spacial score (nSPS) is 31.3. The number of amides is 2. The molecule has 1 radical (unpaired) electrons. The van der Waals surface area contributed by atoms with Crippen LogP contribution in [0.15, 0.2) is 0 Å². The summed E-state index contributed by atoms with van der Waals surface area (Å²) in [6.45, 7) is 2.27. The van der Waals surface area contributed by atoms with Crippen molar-refractivity contribution >= 4 is 6.03 Å². The van der Waals surface area contributed by atoms with Gasteiger partial charge in [0.25, 0.3) is 0 Å². The molecule has 2 amide bonds. The Hall–Kier alpha value is -0.770. The van der Waals surface area contributed by atoms with Gasteiger partial charge in [-0.3, -0.25) is 0 Å². The molecule has 0 spiro atoms. The van der Waals surface area contributed by atoms with Crippen LogP contribution in [0.5, 0.6) is 0 Å². The Morgan fingerprint density at radius 3 is 3.00 bits per heavy atom. The standard InChI is InChI=1S/C8H15N2O2/c1-6-3-2-4-7(11)5-10(6)8(9)12/h4,6-7,11H,2-3,5H2,1H3,(H2,9,12)/t6-,7+/m1/s1. The lowest BCUT2D eigenvalue weighted by molar-refractivity contribution is 0.137. The van der Waals surface area contributed by atoms with Gasteiger partial charge >= 0.3 is 6.03 Å². The first-order valence-corrected chi connectivity index (χ1v) is 4.18. The van der Waals surface area contributed by atoms with Crippen LogP contribution >= 0.6 is 0 Å². The number of nitrogens with two attached hydrogens (primary N) is 1. The van der Waals surface area contributed by atoms with E-state index in [0.717, 1.165) is 12.8 Å². The number of carbonyl (C=O) groups is 1. The molecule has 1 aliphatic heterocycles. The van der Waals surface area contributed by atoms with Crippen molar-refractivity contribution in [1.29, 1.82) is 0 Å². The van der Waals surface area contributed by atoms with E-state index in [4.69, 9.17) is 5.73 Å². The number of primary amides is 1. The van der Waals surface area contributed by atoms with Gasteiger partial charge in [-0.1, -0.05) is 0 Å². The molecule has 2 atom stereocenters. The lowest BCUT2D eigenvalue weighted by Crippen LogP contribution is -2.44. The molecular formula is C8H15N2O2. The minimum atomic E-state index is -0.526. The van der Waals surface area contributed by atoms with Gasteiger partial charge in [0.2, 0.25) is 0 Å². The molecule has 0 aromatic rings. The SMILES string of the molecule is C[C@@H]1CC[CH][C@H](O)CN1C(N)=O. The molecule has 1 aliphatic rings. The monoisotopic (exact) mass is 171 g/mol. The summed E-state index contributed by atoms with van der Waals surface area (Å²) in [5.41, 5.74) is 5.15. The Morgan fingerprint density at radius 1 is 1.75 bits per heavy atom. The van der Waals surface area contributed by atoms with Crippen LogP contribution in [-0.4, -0.2) is 34.7 Å². The van der Waals surface area contributed by atoms with E-state index in [1.807, 2.05) is 13.3 Å². The Morgan fingerprint density at radius 2 is 2.42 bits per heavy atom. The van der Waals surface area contributed by atoms with Gasteiger partial charge in [0.1, 0.15) is 0 Å². The van der Waals surface area contributed by atoms with Gasteiger partial charge in [0, 0.05) is 12.6 Å². The third-order valence-corrected chi connectivity index (χ3v) is 2.22. The minimum Gasteiger partial charge on any atom is -0.391 e. The quantitative estimate of drug-likeness (QED) is 0.543. The van der Waals surface area contributed by atoms with Crippen molar-refractivity contribution < 1.29 is 9.90 Å². The summed E-state index contributed by atoms with van der Waals surface area (Å²) in [6, 6.07) is -0.312. The average Bonchev–Trinajstić information content (AvgIpc) is 2.13. The first kappa shape index (κ1) is 9.32. The summed E-state index contributed by atoms with van der Waals surface area (Å²) in [7, 11) is 0. The van der Waals surface area contributed by atoms with Gasteiger partial charge in [-0.15, -0.1) is 0 Å². The summed E-state index contributed by atoms with van der Waals surface area (Å²) in [5, 5.41) is 9.32. The van der Waals surface area contributed by atoms with Crippen molar-refractivity contribution in [3.05, 3.63) is 6.42 Å². The van der Waals surface area contributed by atoms with Gasteiger partial charge in [-0.2, -0.15) is 0 Å². The fourth-order valence-electron chi connectivity index (χ4n) is 1.45. The maximum Gasteiger partial charge on any atom is 0.315 e. The fourth-order valence-corrected chi connectivity index (χ4v) is 1.45. The van der Waals surface area contributed by atoms with Crippen molar-refractivity contribution in [1.82, 2.24) is 4.90 Å². The van der Waals surface area contributed by atoms with Crippen LogP contribution in [0.25, 0.3) is 0 Å². The molecule has 0 aliphatic carbocycles. The summed E-state index contributed by atoms with van der Waals surface area (Å²) in [5.74, 6) is 0. The molecule has 0 saturated carbocycles. The highest BCUT2D eigenvalue weighted by molar-refractivity contribution is 5.72. The molecule has 4 nitrogen and oxygen atoms in total. The Balaban J connectivity index is 2.60. The lowest BCUT2D eigenvalue weighted by Gasteiger charge is -2.25. The molecule has 1 saturated heterocycles. The van der Waals surface area contributed by atoms with Crippen LogP contribution in [0.3, 0.4) is 0 Å². The van der Waals surface area contributed by atoms with Gasteiger partial charge in [0.05, 0.1) is 6.10 Å². The van der Waals surface area contributed by atoms with E-state index in [-0.39, 0.29) is 6.04 Å². The number of carbonyl (C=O) groups excluding carboxylic acids is 1. The van der Waals surface area contributed by atoms with Gasteiger partial charge in [-0.05, 0) is 26.2 Å². The Kier molecular flexibility index (Phi) is 2.92. The number of hydrogen-bond donors (Lipinski definition) is 2. The number of nitrogens with zero attached hydrogens (tertiary/aromatic N) is 1. The van der Waals surface area contributed by atoms with E-state index in [0.29, 0.717) is 6.54 Å². The molecule has 69 valence electrons. The molecule has 12 heavy (non-hydrogen) atoms. The molecule has 0 bridgehead atoms. The Bertz CT molecular complexity index is 172. The van der Waals surface area contributed by atoms with E-state index >= 15 is 0 Å². The van der Waals surface area contributed by atoms with Gasteiger partial charge in [-0.25, -0.2) is 4.79 Å². The number of aliphatic hydroxyl groups is 1. The molecule has 0 aromatic carbocycles. The number of rotatable bonds is 0. The lowest BCUT2D eigenvalue weighted by atomic mass is 10.1. The smallest absolute Gasteiger partial charge is 0.315 e. The first-order chi connectivity index (χ1) is 5.61. The van der Waals surface area contributed by atoms with Crippen LogP contribution in [0, 0.1) is 6.42 Å². The largest absolute Gasteiger partial charge is 0.391 e. The van der Waals surface area contributed by atoms with E-state index in [2.05, 4.69) is 0 Å². The van der Waals surface area contributed by atoms with Crippen LogP contribution in [0.1, 0.15) is 19.8 Å². The van der Waals surface area contributed by atoms with Crippen LogP contribution in [0.2, 0.25) is 0 Å². The van der Waals surface area contributed by atoms with E-state index in [1.54, 1.807) is 0 Å².